The van der Waals surface area contributed by atoms with Crippen molar-refractivity contribution in [1.82, 2.24) is 0 Å². The maximum atomic E-state index is 2.89. The molecule has 0 amide bonds. The van der Waals surface area contributed by atoms with Crippen LogP contribution in [0.1, 0.15) is 1.43 Å². The van der Waals surface area contributed by atoms with E-state index in [1.54, 1.807) is 0 Å². The molecular formula is C54H47Sn4. The summed E-state index contributed by atoms with van der Waals surface area (Å²) in [6.07, 6.45) is 0. The van der Waals surface area contributed by atoms with E-state index >= 15 is 0 Å². The van der Waals surface area contributed by atoms with Gasteiger partial charge in [0.15, 0.2) is 0 Å². The third kappa shape index (κ3) is 54.3. The van der Waals surface area contributed by atoms with Gasteiger partial charge in [0, 0.05) is 97.1 Å². The molecule has 0 aliphatic heterocycles. The van der Waals surface area contributed by atoms with Gasteiger partial charge in [-0.15, -0.1) is 0 Å². The first-order valence-corrected chi connectivity index (χ1v) is 17.2. The minimum atomic E-state index is 0. The smallest absolute Gasteiger partial charge is 0 e. The summed E-state index contributed by atoms with van der Waals surface area (Å²) in [6.45, 7) is 0. The van der Waals surface area contributed by atoms with Crippen LogP contribution in [0.5, 0.6) is 0 Å². The molecule has 9 rings (SSSR count). The average Bonchev–Trinajstić information content (AvgIpc) is 3.33. The van der Waals surface area contributed by atoms with Crippen molar-refractivity contribution in [3.05, 3.63) is 328 Å². The number of benzene rings is 9. The van der Waals surface area contributed by atoms with E-state index in [0.29, 0.717) is 0 Å². The van der Waals surface area contributed by atoms with E-state index in [0.717, 1.165) is 0 Å². The number of hydrogen-bond acceptors (Lipinski definition) is 0. The largest absolute Gasteiger partial charge is 0.0622 e. The molecule has 0 spiro atoms. The Morgan fingerprint density at radius 1 is 0.121 bits per heavy atom. The number of hydrogen-bond donors (Lipinski definition) is 0. The van der Waals surface area contributed by atoms with Crippen LogP contribution in [0.2, 0.25) is 0 Å². The van der Waals surface area contributed by atoms with Gasteiger partial charge in [-0.25, -0.2) is 0 Å². The summed E-state index contributed by atoms with van der Waals surface area (Å²) < 4.78 is 0. The summed E-state index contributed by atoms with van der Waals surface area (Å²) in [6, 6.07) is 112. The van der Waals surface area contributed by atoms with Crippen LogP contribution in [0, 0.1) is 54.6 Å². The minimum absolute atomic E-state index is 0. The van der Waals surface area contributed by atoms with Crippen LogP contribution in [0.25, 0.3) is 0 Å². The van der Waals surface area contributed by atoms with Gasteiger partial charge in [0.25, 0.3) is 0 Å². The average molecular weight is 1170 g/mol. The van der Waals surface area contributed by atoms with E-state index in [1.807, 2.05) is 273 Å². The van der Waals surface area contributed by atoms with Gasteiger partial charge in [-0.3, -0.25) is 0 Å². The van der Waals surface area contributed by atoms with E-state index < -0.39 is 0 Å². The second-order valence-corrected chi connectivity index (χ2v) is 9.70. The van der Waals surface area contributed by atoms with Gasteiger partial charge < -0.3 is 0 Å². The van der Waals surface area contributed by atoms with Crippen molar-refractivity contribution in [1.29, 1.82) is 0 Å². The fourth-order valence-electron chi connectivity index (χ4n) is 3.08. The quantitative estimate of drug-likeness (QED) is 0.133. The van der Waals surface area contributed by atoms with Crippen LogP contribution in [-0.2, 0) is 0 Å². The second-order valence-electron chi connectivity index (χ2n) is 9.70. The number of rotatable bonds is 0. The van der Waals surface area contributed by atoms with Gasteiger partial charge in [0.1, 0.15) is 0 Å². The Labute approximate surface area is 420 Å². The predicted octanol–water partition coefficient (Wildman–Crippen LogP) is 12.1. The van der Waals surface area contributed by atoms with E-state index in [4.69, 9.17) is 0 Å². The van der Waals surface area contributed by atoms with Crippen molar-refractivity contribution in [2.24, 2.45) is 0 Å². The molecule has 58 heavy (non-hydrogen) atoms. The molecule has 0 aromatic heterocycles. The molecule has 279 valence electrons. The van der Waals surface area contributed by atoms with Crippen molar-refractivity contribution in [2.75, 3.05) is 0 Å². The molecular weight excluding hydrogens is 1120 g/mol. The zero-order valence-electron chi connectivity index (χ0n) is 32.5. The maximum Gasteiger partial charge on any atom is 0 e. The van der Waals surface area contributed by atoms with Crippen molar-refractivity contribution in [3.8, 4) is 0 Å². The van der Waals surface area contributed by atoms with E-state index in [1.165, 1.54) is 0 Å². The fraction of sp³-hybridized carbons (Fsp3) is 0. The molecule has 9 aromatic rings. The van der Waals surface area contributed by atoms with Gasteiger partial charge in [-0.05, 0) is 54.6 Å². The topological polar surface area (TPSA) is 0 Å². The van der Waals surface area contributed by atoms with Crippen molar-refractivity contribution < 1.29 is 1.43 Å². The van der Waals surface area contributed by atoms with Crippen LogP contribution in [0.3, 0.4) is 0 Å². The SMILES string of the molecule is [HH].[Sn].[Sn].[Sn].[Sn].[c]1ccccc1.[c]1ccccc1.[c]1ccccc1.[c]1ccccc1.[c]1ccccc1.[c]1ccccc1.[c]1ccccc1.[c]1ccccc1.[c]1ccccc1. The molecule has 4 heteroatoms. The molecule has 0 saturated heterocycles. The first kappa shape index (κ1) is 60.8. The van der Waals surface area contributed by atoms with Crippen LogP contribution in [0.15, 0.2) is 273 Å². The molecule has 0 bridgehead atoms. The van der Waals surface area contributed by atoms with Crippen LogP contribution in [-0.4, -0.2) is 95.6 Å². The Balaban J connectivity index is -0.000000183. The summed E-state index contributed by atoms with van der Waals surface area (Å²) >= 11 is 0. The van der Waals surface area contributed by atoms with Crippen LogP contribution in [0.4, 0.5) is 0 Å². The summed E-state index contributed by atoms with van der Waals surface area (Å²) in [7, 11) is 0. The van der Waals surface area contributed by atoms with Crippen LogP contribution >= 0.6 is 0 Å². The monoisotopic (exact) mass is 1170 g/mol. The van der Waals surface area contributed by atoms with Gasteiger partial charge >= 0.3 is 0 Å². The molecule has 0 fully saturated rings. The van der Waals surface area contributed by atoms with Gasteiger partial charge in [-0.1, -0.05) is 273 Å². The van der Waals surface area contributed by atoms with Gasteiger partial charge in [0.2, 0.25) is 0 Å². The van der Waals surface area contributed by atoms with Crippen molar-refractivity contribution in [2.45, 2.75) is 0 Å². The Morgan fingerprint density at radius 2 is 0.190 bits per heavy atom. The molecule has 0 aliphatic rings. The van der Waals surface area contributed by atoms with Gasteiger partial charge in [0.05, 0.1) is 0 Å². The summed E-state index contributed by atoms with van der Waals surface area (Å²) in [4.78, 5) is 0. The Bertz CT molecular complexity index is 1130. The molecule has 0 unspecified atom stereocenters. The standard InChI is InChI=1S/9C6H5.4Sn.H2/c9*1-2-4-6-5-3-1;;;;;/h9*1-5H;;;;;1H. The van der Waals surface area contributed by atoms with Gasteiger partial charge in [-0.2, -0.15) is 0 Å². The molecule has 0 heterocycles. The first-order valence-electron chi connectivity index (χ1n) is 17.2. The molecule has 9 aromatic carbocycles. The van der Waals surface area contributed by atoms with Crippen molar-refractivity contribution in [3.63, 3.8) is 0 Å². The summed E-state index contributed by atoms with van der Waals surface area (Å²) in [5.74, 6) is 0. The van der Waals surface area contributed by atoms with E-state index in [-0.39, 0.29) is 97.1 Å². The molecule has 25 radical (unpaired) electrons. The third-order valence-corrected chi connectivity index (χ3v) is 5.46. The molecule has 0 saturated carbocycles. The maximum absolute atomic E-state index is 2.89. The predicted molar refractivity (Wildman–Crippen MR) is 253 cm³/mol. The normalized spacial score (nSPS) is 7.45. The van der Waals surface area contributed by atoms with E-state index in [9.17, 15) is 0 Å². The molecule has 0 N–H and O–H groups in total. The third-order valence-electron chi connectivity index (χ3n) is 5.46. The molecule has 0 atom stereocenters. The molecule has 0 nitrogen and oxygen atoms in total. The Morgan fingerprint density at radius 3 is 0.207 bits per heavy atom. The zero-order valence-corrected chi connectivity index (χ0v) is 43.9. The van der Waals surface area contributed by atoms with Crippen LogP contribution < -0.4 is 0 Å². The summed E-state index contributed by atoms with van der Waals surface area (Å²) in [5.41, 5.74) is 0. The molecule has 0 aliphatic carbocycles. The fourth-order valence-corrected chi connectivity index (χ4v) is 3.08. The Hall–Kier alpha value is -3.83. The van der Waals surface area contributed by atoms with E-state index in [2.05, 4.69) is 54.6 Å². The van der Waals surface area contributed by atoms with Crippen molar-refractivity contribution >= 4 is 95.6 Å². The summed E-state index contributed by atoms with van der Waals surface area (Å²) in [5, 5.41) is 0. The Kier molecular flexibility index (Phi) is 60.3. The zero-order chi connectivity index (χ0) is 38.2. The second kappa shape index (κ2) is 57.5. The minimum Gasteiger partial charge on any atom is -0.0622 e. The first-order chi connectivity index (χ1) is 27.0.